The largest absolute Gasteiger partial charge is 0.329 e. The first-order valence-corrected chi connectivity index (χ1v) is 7.64. The third kappa shape index (κ3) is 1.97. The Morgan fingerprint density at radius 1 is 1.44 bits per heavy atom. The highest BCUT2D eigenvalue weighted by molar-refractivity contribution is 9.10. The summed E-state index contributed by atoms with van der Waals surface area (Å²) in [5.41, 5.74) is 0. The standard InChI is InChI=1S/C12H13BrN2O2S/c13-8-3-5-18-10(8)6-14-7-11(16)15-4-1-2-9(15)12(14)17/h3,5,9H,1-2,4,6-7H2. The van der Waals surface area contributed by atoms with E-state index in [2.05, 4.69) is 15.9 Å². The number of rotatable bonds is 2. The van der Waals surface area contributed by atoms with Crippen LogP contribution in [-0.2, 0) is 16.1 Å². The summed E-state index contributed by atoms with van der Waals surface area (Å²) < 4.78 is 1.02. The molecule has 0 aromatic carbocycles. The molecule has 2 saturated heterocycles. The van der Waals surface area contributed by atoms with Gasteiger partial charge in [-0.15, -0.1) is 11.3 Å². The first-order chi connectivity index (χ1) is 8.66. The Bertz CT molecular complexity index is 502. The minimum atomic E-state index is -0.204. The van der Waals surface area contributed by atoms with Crippen LogP contribution in [0.5, 0.6) is 0 Å². The maximum atomic E-state index is 12.3. The number of carbonyl (C=O) groups is 2. The summed E-state index contributed by atoms with van der Waals surface area (Å²) in [6, 6.07) is 1.77. The lowest BCUT2D eigenvalue weighted by molar-refractivity contribution is -0.154. The molecule has 1 aromatic heterocycles. The van der Waals surface area contributed by atoms with E-state index in [1.54, 1.807) is 21.1 Å². The van der Waals surface area contributed by atoms with Gasteiger partial charge in [0.25, 0.3) is 0 Å². The van der Waals surface area contributed by atoms with Crippen LogP contribution in [0.1, 0.15) is 17.7 Å². The number of amides is 2. The lowest BCUT2D eigenvalue weighted by Crippen LogP contribution is -2.56. The Labute approximate surface area is 118 Å². The van der Waals surface area contributed by atoms with Gasteiger partial charge in [-0.05, 0) is 40.2 Å². The fraction of sp³-hybridized carbons (Fsp3) is 0.500. The van der Waals surface area contributed by atoms with Gasteiger partial charge in [0, 0.05) is 15.9 Å². The van der Waals surface area contributed by atoms with E-state index < -0.39 is 0 Å². The second kappa shape index (κ2) is 4.66. The summed E-state index contributed by atoms with van der Waals surface area (Å²) in [6.45, 7) is 1.50. The summed E-state index contributed by atoms with van der Waals surface area (Å²) in [5, 5.41) is 1.98. The number of hydrogen-bond acceptors (Lipinski definition) is 3. The molecule has 96 valence electrons. The Kier molecular flexibility index (Phi) is 3.15. The molecule has 18 heavy (non-hydrogen) atoms. The van der Waals surface area contributed by atoms with E-state index in [1.807, 2.05) is 11.4 Å². The Hall–Kier alpha value is -0.880. The molecule has 0 bridgehead atoms. The fourth-order valence-electron chi connectivity index (χ4n) is 2.61. The van der Waals surface area contributed by atoms with Gasteiger partial charge in [-0.2, -0.15) is 0 Å². The van der Waals surface area contributed by atoms with Crippen LogP contribution in [0.4, 0.5) is 0 Å². The zero-order chi connectivity index (χ0) is 12.7. The van der Waals surface area contributed by atoms with Gasteiger partial charge in [0.05, 0.1) is 6.54 Å². The number of thiophene rings is 1. The van der Waals surface area contributed by atoms with Crippen LogP contribution in [-0.4, -0.2) is 40.7 Å². The molecule has 4 nitrogen and oxygen atoms in total. The van der Waals surface area contributed by atoms with Crippen molar-refractivity contribution in [2.75, 3.05) is 13.1 Å². The molecule has 1 unspecified atom stereocenters. The molecule has 0 N–H and O–H groups in total. The Balaban J connectivity index is 1.79. The van der Waals surface area contributed by atoms with Gasteiger partial charge in [0.15, 0.2) is 0 Å². The molecule has 2 fully saturated rings. The highest BCUT2D eigenvalue weighted by Crippen LogP contribution is 2.28. The van der Waals surface area contributed by atoms with Crippen LogP contribution in [0, 0.1) is 0 Å². The maximum Gasteiger partial charge on any atom is 0.246 e. The summed E-state index contributed by atoms with van der Waals surface area (Å²) in [5.74, 6) is 0.192. The average Bonchev–Trinajstić information content (AvgIpc) is 2.96. The van der Waals surface area contributed by atoms with Crippen molar-refractivity contribution in [2.24, 2.45) is 0 Å². The second-order valence-electron chi connectivity index (χ2n) is 4.63. The monoisotopic (exact) mass is 328 g/mol. The maximum absolute atomic E-state index is 12.3. The van der Waals surface area contributed by atoms with Crippen LogP contribution < -0.4 is 0 Å². The van der Waals surface area contributed by atoms with Gasteiger partial charge in [0.2, 0.25) is 11.8 Å². The molecule has 0 aliphatic carbocycles. The number of halogens is 1. The lowest BCUT2D eigenvalue weighted by atomic mass is 10.1. The first-order valence-electron chi connectivity index (χ1n) is 5.97. The van der Waals surface area contributed by atoms with E-state index in [4.69, 9.17) is 0 Å². The zero-order valence-electron chi connectivity index (χ0n) is 9.76. The third-order valence-electron chi connectivity index (χ3n) is 3.52. The van der Waals surface area contributed by atoms with Crippen LogP contribution in [0.3, 0.4) is 0 Å². The average molecular weight is 329 g/mol. The zero-order valence-corrected chi connectivity index (χ0v) is 12.2. The third-order valence-corrected chi connectivity index (χ3v) is 5.43. The smallest absolute Gasteiger partial charge is 0.246 e. The highest BCUT2D eigenvalue weighted by atomic mass is 79.9. The quantitative estimate of drug-likeness (QED) is 0.831. The molecule has 3 heterocycles. The van der Waals surface area contributed by atoms with Crippen molar-refractivity contribution in [1.29, 1.82) is 0 Å². The summed E-state index contributed by atoms with van der Waals surface area (Å²) in [4.78, 5) is 28.8. The SMILES string of the molecule is O=C1C2CCCN2C(=O)CN1Cc1sccc1Br. The van der Waals surface area contributed by atoms with Gasteiger partial charge >= 0.3 is 0 Å². The fourth-order valence-corrected chi connectivity index (χ4v) is 4.10. The Morgan fingerprint density at radius 3 is 3.00 bits per heavy atom. The topological polar surface area (TPSA) is 40.6 Å². The minimum Gasteiger partial charge on any atom is -0.329 e. The number of piperazine rings is 1. The number of carbonyl (C=O) groups excluding carboxylic acids is 2. The molecule has 1 aromatic rings. The van der Waals surface area contributed by atoms with Gasteiger partial charge in [0.1, 0.15) is 12.6 Å². The van der Waals surface area contributed by atoms with E-state index in [0.717, 1.165) is 28.7 Å². The van der Waals surface area contributed by atoms with Crippen molar-refractivity contribution < 1.29 is 9.59 Å². The second-order valence-corrected chi connectivity index (χ2v) is 6.49. The van der Waals surface area contributed by atoms with Gasteiger partial charge in [-0.25, -0.2) is 0 Å². The summed E-state index contributed by atoms with van der Waals surface area (Å²) >= 11 is 5.07. The lowest BCUT2D eigenvalue weighted by Gasteiger charge is -2.36. The number of nitrogens with zero attached hydrogens (tertiary/aromatic N) is 2. The molecular weight excluding hydrogens is 316 g/mol. The van der Waals surface area contributed by atoms with E-state index in [1.165, 1.54) is 0 Å². The van der Waals surface area contributed by atoms with Crippen molar-refractivity contribution >= 4 is 39.1 Å². The first kappa shape index (κ1) is 12.2. The molecule has 0 radical (unpaired) electrons. The molecule has 6 heteroatoms. The van der Waals surface area contributed by atoms with E-state index in [0.29, 0.717) is 6.54 Å². The van der Waals surface area contributed by atoms with Crippen molar-refractivity contribution in [2.45, 2.75) is 25.4 Å². The van der Waals surface area contributed by atoms with Gasteiger partial charge in [-0.3, -0.25) is 9.59 Å². The number of hydrogen-bond donors (Lipinski definition) is 0. The molecule has 1 atom stereocenters. The van der Waals surface area contributed by atoms with E-state index >= 15 is 0 Å². The molecule has 2 aliphatic rings. The van der Waals surface area contributed by atoms with E-state index in [9.17, 15) is 9.59 Å². The van der Waals surface area contributed by atoms with Crippen LogP contribution in [0.15, 0.2) is 15.9 Å². The minimum absolute atomic E-state index is 0.0878. The molecule has 2 amide bonds. The van der Waals surface area contributed by atoms with Crippen molar-refractivity contribution in [3.05, 3.63) is 20.8 Å². The van der Waals surface area contributed by atoms with Gasteiger partial charge < -0.3 is 9.80 Å². The van der Waals surface area contributed by atoms with E-state index in [-0.39, 0.29) is 24.4 Å². The molecular formula is C12H13BrN2O2S. The Morgan fingerprint density at radius 2 is 2.28 bits per heavy atom. The molecule has 0 spiro atoms. The van der Waals surface area contributed by atoms with Crippen LogP contribution in [0.2, 0.25) is 0 Å². The predicted octanol–water partition coefficient (Wildman–Crippen LogP) is 1.84. The van der Waals surface area contributed by atoms with Crippen molar-refractivity contribution in [3.8, 4) is 0 Å². The number of fused-ring (bicyclic) bond motifs is 1. The van der Waals surface area contributed by atoms with Gasteiger partial charge in [-0.1, -0.05) is 0 Å². The molecule has 2 aliphatic heterocycles. The summed E-state index contributed by atoms with van der Waals surface area (Å²) in [7, 11) is 0. The molecule has 0 saturated carbocycles. The normalized spacial score (nSPS) is 23.7. The predicted molar refractivity (Wildman–Crippen MR) is 72.2 cm³/mol. The van der Waals surface area contributed by atoms with Crippen molar-refractivity contribution in [1.82, 2.24) is 9.80 Å². The summed E-state index contributed by atoms with van der Waals surface area (Å²) in [6.07, 6.45) is 1.76. The van der Waals surface area contributed by atoms with Crippen LogP contribution >= 0.6 is 27.3 Å². The molecule has 3 rings (SSSR count). The highest BCUT2D eigenvalue weighted by Gasteiger charge is 2.41. The van der Waals surface area contributed by atoms with Crippen molar-refractivity contribution in [3.63, 3.8) is 0 Å². The van der Waals surface area contributed by atoms with Crippen LogP contribution in [0.25, 0.3) is 0 Å².